The fraction of sp³-hybridized carbons (Fsp3) is 0.211. The van der Waals surface area contributed by atoms with Gasteiger partial charge in [0.15, 0.2) is 0 Å². The number of nitrogens with zero attached hydrogens (tertiary/aromatic N) is 3. The molecule has 0 fully saturated rings. The minimum absolute atomic E-state index is 0.167. The van der Waals surface area contributed by atoms with Gasteiger partial charge in [0, 0.05) is 29.7 Å². The number of ether oxygens (including phenoxy) is 1. The van der Waals surface area contributed by atoms with Crippen LogP contribution in [-0.4, -0.2) is 31.6 Å². The van der Waals surface area contributed by atoms with E-state index in [0.29, 0.717) is 5.69 Å². The highest BCUT2D eigenvalue weighted by molar-refractivity contribution is 5.83. The van der Waals surface area contributed by atoms with Gasteiger partial charge in [-0.3, -0.25) is 4.98 Å². The number of aromatic nitrogens is 3. The molecule has 0 amide bonds. The van der Waals surface area contributed by atoms with Crippen LogP contribution in [-0.2, 0) is 4.74 Å². The zero-order valence-electron chi connectivity index (χ0n) is 14.3. The number of phenolic OH excluding ortho intramolecular Hbond substituents is 1. The molecule has 0 atom stereocenters. The molecule has 3 rings (SSSR count). The first-order valence-corrected chi connectivity index (χ1v) is 7.86. The molecule has 25 heavy (non-hydrogen) atoms. The molecule has 0 saturated heterocycles. The van der Waals surface area contributed by atoms with Gasteiger partial charge in [-0.1, -0.05) is 0 Å². The van der Waals surface area contributed by atoms with Crippen molar-refractivity contribution in [3.8, 4) is 28.1 Å². The average molecular weight is 337 g/mol. The zero-order chi connectivity index (χ0) is 18.0. The first-order valence-electron chi connectivity index (χ1n) is 7.86. The van der Waals surface area contributed by atoms with Crippen LogP contribution in [0.3, 0.4) is 0 Å². The first-order chi connectivity index (χ1) is 11.8. The van der Waals surface area contributed by atoms with Crippen LogP contribution in [0.15, 0.2) is 55.0 Å². The highest BCUT2D eigenvalue weighted by Crippen LogP contribution is 2.31. The number of aromatic hydroxyl groups is 1. The van der Waals surface area contributed by atoms with Crippen molar-refractivity contribution in [2.45, 2.75) is 26.4 Å². The molecule has 1 aromatic carbocycles. The fourth-order valence-corrected chi connectivity index (χ4v) is 2.35. The summed E-state index contributed by atoms with van der Waals surface area (Å²) >= 11 is 0. The predicted molar refractivity (Wildman–Crippen MR) is 94.2 cm³/mol. The summed E-state index contributed by atoms with van der Waals surface area (Å²) in [4.78, 5) is 16.4. The number of hydrogen-bond donors (Lipinski definition) is 1. The van der Waals surface area contributed by atoms with E-state index in [1.807, 2.05) is 12.1 Å². The van der Waals surface area contributed by atoms with Gasteiger partial charge in [0.1, 0.15) is 17.0 Å². The van der Waals surface area contributed by atoms with E-state index in [9.17, 15) is 9.90 Å². The standard InChI is InChI=1S/C19H19N3O3/c1-19(2,3)25-18(24)22-12-16(13-8-10-20-11-9-13)17(21-22)14-4-6-15(23)7-5-14/h4-12,23H,1-3H3. The maximum Gasteiger partial charge on any atom is 0.435 e. The predicted octanol–water partition coefficient (Wildman–Crippen LogP) is 4.10. The van der Waals surface area contributed by atoms with Gasteiger partial charge in [-0.2, -0.15) is 9.78 Å². The Kier molecular flexibility index (Phi) is 4.27. The van der Waals surface area contributed by atoms with Crippen molar-refractivity contribution >= 4 is 6.09 Å². The molecule has 0 aliphatic carbocycles. The molecule has 0 aliphatic heterocycles. The van der Waals surface area contributed by atoms with Gasteiger partial charge in [-0.15, -0.1) is 0 Å². The molecule has 0 spiro atoms. The quantitative estimate of drug-likeness (QED) is 0.762. The largest absolute Gasteiger partial charge is 0.508 e. The van der Waals surface area contributed by atoms with Crippen molar-refractivity contribution in [3.05, 3.63) is 55.0 Å². The number of rotatable bonds is 2. The van der Waals surface area contributed by atoms with Crippen LogP contribution in [0.4, 0.5) is 4.79 Å². The smallest absolute Gasteiger partial charge is 0.435 e. The van der Waals surface area contributed by atoms with Crippen LogP contribution in [0.25, 0.3) is 22.4 Å². The van der Waals surface area contributed by atoms with E-state index in [-0.39, 0.29) is 5.75 Å². The SMILES string of the molecule is CC(C)(C)OC(=O)n1cc(-c2ccncc2)c(-c2ccc(O)cc2)n1. The summed E-state index contributed by atoms with van der Waals surface area (Å²) in [5, 5.41) is 13.9. The average Bonchev–Trinajstić information content (AvgIpc) is 3.00. The third-order valence-electron chi connectivity index (χ3n) is 3.43. The number of phenols is 1. The molecule has 1 N–H and O–H groups in total. The van der Waals surface area contributed by atoms with Crippen LogP contribution >= 0.6 is 0 Å². The molecule has 2 heterocycles. The van der Waals surface area contributed by atoms with Crippen LogP contribution in [0.2, 0.25) is 0 Å². The summed E-state index contributed by atoms with van der Waals surface area (Å²) in [6, 6.07) is 10.4. The third-order valence-corrected chi connectivity index (χ3v) is 3.43. The second kappa shape index (κ2) is 6.39. The lowest BCUT2D eigenvalue weighted by Crippen LogP contribution is -2.27. The summed E-state index contributed by atoms with van der Waals surface area (Å²) in [6.07, 6.45) is 4.46. The van der Waals surface area contributed by atoms with Crippen molar-refractivity contribution in [1.82, 2.24) is 14.8 Å². The summed E-state index contributed by atoms with van der Waals surface area (Å²) in [5.74, 6) is 0.167. The number of hydrogen-bond acceptors (Lipinski definition) is 5. The summed E-state index contributed by atoms with van der Waals surface area (Å²) in [6.45, 7) is 5.41. The third kappa shape index (κ3) is 3.85. The maximum absolute atomic E-state index is 12.4. The summed E-state index contributed by atoms with van der Waals surface area (Å²) < 4.78 is 6.59. The van der Waals surface area contributed by atoms with E-state index in [0.717, 1.165) is 16.7 Å². The summed E-state index contributed by atoms with van der Waals surface area (Å²) in [7, 11) is 0. The van der Waals surface area contributed by atoms with Crippen LogP contribution in [0.5, 0.6) is 5.75 Å². The molecule has 0 bridgehead atoms. The topological polar surface area (TPSA) is 77.2 Å². The van der Waals surface area contributed by atoms with Crippen molar-refractivity contribution in [2.24, 2.45) is 0 Å². The molecule has 6 nitrogen and oxygen atoms in total. The minimum Gasteiger partial charge on any atom is -0.508 e. The monoisotopic (exact) mass is 337 g/mol. The van der Waals surface area contributed by atoms with Crippen molar-refractivity contribution in [2.75, 3.05) is 0 Å². The second-order valence-electron chi connectivity index (χ2n) is 6.60. The lowest BCUT2D eigenvalue weighted by Gasteiger charge is -2.18. The van der Waals surface area contributed by atoms with E-state index in [2.05, 4.69) is 10.1 Å². The number of benzene rings is 1. The van der Waals surface area contributed by atoms with Crippen molar-refractivity contribution < 1.29 is 14.6 Å². The van der Waals surface area contributed by atoms with E-state index in [1.54, 1.807) is 63.6 Å². The van der Waals surface area contributed by atoms with Crippen molar-refractivity contribution in [3.63, 3.8) is 0 Å². The van der Waals surface area contributed by atoms with E-state index in [4.69, 9.17) is 4.74 Å². The van der Waals surface area contributed by atoms with Gasteiger partial charge in [-0.05, 0) is 62.7 Å². The number of pyridine rings is 1. The molecular formula is C19H19N3O3. The molecule has 0 saturated carbocycles. The first kappa shape index (κ1) is 16.7. The Morgan fingerprint density at radius 3 is 2.28 bits per heavy atom. The van der Waals surface area contributed by atoms with E-state index >= 15 is 0 Å². The maximum atomic E-state index is 12.4. The Morgan fingerprint density at radius 2 is 1.68 bits per heavy atom. The van der Waals surface area contributed by atoms with Crippen LogP contribution < -0.4 is 0 Å². The Labute approximate surface area is 145 Å². The summed E-state index contributed by atoms with van der Waals surface area (Å²) in [5.41, 5.74) is 2.45. The van der Waals surface area contributed by atoms with Crippen molar-refractivity contribution in [1.29, 1.82) is 0 Å². The van der Waals surface area contributed by atoms with Gasteiger partial charge in [0.2, 0.25) is 0 Å². The Balaban J connectivity index is 2.09. The normalized spacial score (nSPS) is 11.3. The van der Waals surface area contributed by atoms with E-state index in [1.165, 1.54) is 4.68 Å². The van der Waals surface area contributed by atoms with E-state index < -0.39 is 11.7 Å². The fourth-order valence-electron chi connectivity index (χ4n) is 2.35. The molecule has 2 aromatic heterocycles. The Hall–Kier alpha value is -3.15. The van der Waals surface area contributed by atoms with Gasteiger partial charge < -0.3 is 9.84 Å². The lowest BCUT2D eigenvalue weighted by atomic mass is 10.0. The molecule has 6 heteroatoms. The van der Waals surface area contributed by atoms with Gasteiger partial charge in [0.05, 0.1) is 0 Å². The van der Waals surface area contributed by atoms with Gasteiger partial charge in [0.25, 0.3) is 0 Å². The second-order valence-corrected chi connectivity index (χ2v) is 6.60. The Bertz CT molecular complexity index is 879. The molecule has 0 aliphatic rings. The zero-order valence-corrected chi connectivity index (χ0v) is 14.3. The number of carbonyl (C=O) groups excluding carboxylic acids is 1. The number of carbonyl (C=O) groups is 1. The molecule has 0 unspecified atom stereocenters. The molecule has 128 valence electrons. The van der Waals surface area contributed by atoms with Gasteiger partial charge in [-0.25, -0.2) is 4.79 Å². The minimum atomic E-state index is -0.613. The highest BCUT2D eigenvalue weighted by atomic mass is 16.6. The van der Waals surface area contributed by atoms with Gasteiger partial charge >= 0.3 is 6.09 Å². The van der Waals surface area contributed by atoms with Crippen LogP contribution in [0, 0.1) is 0 Å². The lowest BCUT2D eigenvalue weighted by molar-refractivity contribution is 0.0515. The Morgan fingerprint density at radius 1 is 1.04 bits per heavy atom. The molecule has 3 aromatic rings. The van der Waals surface area contributed by atoms with Crippen LogP contribution in [0.1, 0.15) is 20.8 Å². The molecular weight excluding hydrogens is 318 g/mol. The highest BCUT2D eigenvalue weighted by Gasteiger charge is 2.21. The molecule has 0 radical (unpaired) electrons.